The van der Waals surface area contributed by atoms with E-state index in [1.54, 1.807) is 13.0 Å². The topological polar surface area (TPSA) is 47.0 Å². The lowest BCUT2D eigenvalue weighted by Crippen LogP contribution is -2.19. The molecule has 1 aliphatic carbocycles. The first kappa shape index (κ1) is 10.3. The van der Waals surface area contributed by atoms with E-state index in [0.29, 0.717) is 5.69 Å². The summed E-state index contributed by atoms with van der Waals surface area (Å²) in [4.78, 5) is 27.2. The second-order valence-corrected chi connectivity index (χ2v) is 3.89. The summed E-state index contributed by atoms with van der Waals surface area (Å²) in [5.41, 5.74) is 0.937. The van der Waals surface area contributed by atoms with Gasteiger partial charge in [-0.25, -0.2) is 4.98 Å². The first-order valence-corrected chi connectivity index (χ1v) is 4.90. The van der Waals surface area contributed by atoms with Gasteiger partial charge in [-0.1, -0.05) is 23.2 Å². The van der Waals surface area contributed by atoms with Crippen molar-refractivity contribution in [2.24, 2.45) is 0 Å². The Hall–Kier alpha value is -1.19. The van der Waals surface area contributed by atoms with E-state index < -0.39 is 11.6 Å². The molecule has 3 nitrogen and oxygen atoms in total. The van der Waals surface area contributed by atoms with Gasteiger partial charge in [0.25, 0.3) is 0 Å². The third-order valence-corrected chi connectivity index (χ3v) is 2.90. The van der Waals surface area contributed by atoms with Crippen LogP contribution < -0.4 is 0 Å². The van der Waals surface area contributed by atoms with Crippen molar-refractivity contribution >= 4 is 34.8 Å². The molecule has 0 saturated heterocycles. The van der Waals surface area contributed by atoms with Crippen molar-refractivity contribution in [3.8, 4) is 0 Å². The maximum absolute atomic E-state index is 11.6. The van der Waals surface area contributed by atoms with Gasteiger partial charge in [0.15, 0.2) is 0 Å². The third kappa shape index (κ3) is 1.48. The Labute approximate surface area is 95.7 Å². The fourth-order valence-electron chi connectivity index (χ4n) is 1.33. The Bertz CT molecular complexity index is 520. The molecule has 0 aliphatic heterocycles. The van der Waals surface area contributed by atoms with E-state index in [4.69, 9.17) is 23.2 Å². The number of Topliss-reactive ketones (excluding diaryl/α,β-unsaturated/α-hetero) is 2. The highest BCUT2D eigenvalue weighted by atomic mass is 35.5. The molecule has 2 rings (SSSR count). The van der Waals surface area contributed by atoms with Crippen molar-refractivity contribution in [2.45, 2.75) is 6.92 Å². The Morgan fingerprint density at radius 3 is 2.33 bits per heavy atom. The van der Waals surface area contributed by atoms with E-state index in [2.05, 4.69) is 4.98 Å². The van der Waals surface area contributed by atoms with Crippen LogP contribution in [0.4, 0.5) is 0 Å². The van der Waals surface area contributed by atoms with Gasteiger partial charge in [0.05, 0.1) is 5.56 Å². The lowest BCUT2D eigenvalue weighted by Gasteiger charge is -2.12. The van der Waals surface area contributed by atoms with Crippen molar-refractivity contribution < 1.29 is 9.59 Å². The maximum atomic E-state index is 11.6. The molecular weight excluding hydrogens is 237 g/mol. The largest absolute Gasteiger partial charge is 0.287 e. The molecule has 5 heteroatoms. The molecule has 0 radical (unpaired) electrons. The van der Waals surface area contributed by atoms with Crippen LogP contribution in [0.3, 0.4) is 0 Å². The maximum Gasteiger partial charge on any atom is 0.225 e. The van der Waals surface area contributed by atoms with Gasteiger partial charge in [0.2, 0.25) is 11.6 Å². The first-order chi connectivity index (χ1) is 7.02. The number of allylic oxidation sites excluding steroid dienone is 2. The molecule has 0 N–H and O–H groups in total. The van der Waals surface area contributed by atoms with Crippen molar-refractivity contribution in [1.29, 1.82) is 0 Å². The Morgan fingerprint density at radius 1 is 1.07 bits per heavy atom. The molecule has 0 atom stereocenters. The number of carbonyl (C=O) groups excluding carboxylic acids is 2. The van der Waals surface area contributed by atoms with Crippen LogP contribution in [0, 0.1) is 6.92 Å². The van der Waals surface area contributed by atoms with E-state index in [-0.39, 0.29) is 21.3 Å². The van der Waals surface area contributed by atoms with Crippen LogP contribution in [0.25, 0.3) is 0 Å². The van der Waals surface area contributed by atoms with E-state index >= 15 is 0 Å². The van der Waals surface area contributed by atoms with E-state index in [0.717, 1.165) is 0 Å². The Morgan fingerprint density at radius 2 is 1.67 bits per heavy atom. The number of halogens is 2. The molecule has 0 aromatic carbocycles. The predicted molar refractivity (Wildman–Crippen MR) is 56.4 cm³/mol. The van der Waals surface area contributed by atoms with E-state index in [1.165, 1.54) is 6.07 Å². The summed E-state index contributed by atoms with van der Waals surface area (Å²) in [6, 6.07) is 3.18. The lowest BCUT2D eigenvalue weighted by molar-refractivity contribution is 0.0983. The van der Waals surface area contributed by atoms with Gasteiger partial charge in [0.1, 0.15) is 15.8 Å². The van der Waals surface area contributed by atoms with Gasteiger partial charge in [0, 0.05) is 5.69 Å². The molecule has 1 aromatic rings. The molecule has 0 amide bonds. The SMILES string of the molecule is Cc1ccc2c(n1)C(=O)C(Cl)=C(Cl)C2=O. The van der Waals surface area contributed by atoms with Crippen molar-refractivity contribution in [3.63, 3.8) is 0 Å². The number of aryl methyl sites for hydroxylation is 1. The number of ketones is 2. The summed E-state index contributed by atoms with van der Waals surface area (Å²) in [6.07, 6.45) is 0. The molecule has 0 bridgehead atoms. The third-order valence-electron chi connectivity index (χ3n) is 2.09. The molecular formula is C10H5Cl2NO2. The normalized spacial score (nSPS) is 15.7. The van der Waals surface area contributed by atoms with Crippen molar-refractivity contribution in [1.82, 2.24) is 4.98 Å². The average molecular weight is 242 g/mol. The standard InChI is InChI=1S/C10H5Cl2NO2/c1-4-2-3-5-8(13-4)10(15)7(12)6(11)9(5)14/h2-3H,1H3. The van der Waals surface area contributed by atoms with Gasteiger partial charge >= 0.3 is 0 Å². The fourth-order valence-corrected chi connectivity index (χ4v) is 1.70. The van der Waals surface area contributed by atoms with Crippen LogP contribution in [0.5, 0.6) is 0 Å². The minimum absolute atomic E-state index is 0.0781. The zero-order valence-electron chi connectivity index (χ0n) is 7.67. The summed E-state index contributed by atoms with van der Waals surface area (Å²) >= 11 is 11.3. The van der Waals surface area contributed by atoms with Gasteiger partial charge < -0.3 is 0 Å². The fraction of sp³-hybridized carbons (Fsp3) is 0.100. The minimum atomic E-state index is -0.500. The number of nitrogens with zero attached hydrogens (tertiary/aromatic N) is 1. The average Bonchev–Trinajstić information content (AvgIpc) is 2.23. The Balaban J connectivity index is 2.73. The quantitative estimate of drug-likeness (QED) is 0.701. The minimum Gasteiger partial charge on any atom is -0.287 e. The second kappa shape index (κ2) is 3.43. The van der Waals surface area contributed by atoms with Gasteiger partial charge in [-0.05, 0) is 19.1 Å². The van der Waals surface area contributed by atoms with Crippen molar-refractivity contribution in [3.05, 3.63) is 39.1 Å². The summed E-state index contributed by atoms with van der Waals surface area (Å²) in [5, 5.41) is -0.493. The number of pyridine rings is 1. The molecule has 1 aliphatic rings. The molecule has 0 fully saturated rings. The van der Waals surface area contributed by atoms with Crippen LogP contribution in [0.1, 0.15) is 26.5 Å². The number of rotatable bonds is 0. The second-order valence-electron chi connectivity index (χ2n) is 3.14. The molecule has 1 aromatic heterocycles. The lowest BCUT2D eigenvalue weighted by atomic mass is 9.99. The van der Waals surface area contributed by atoms with Crippen LogP contribution in [-0.2, 0) is 0 Å². The van der Waals surface area contributed by atoms with Gasteiger partial charge in [-0.3, -0.25) is 9.59 Å². The highest BCUT2D eigenvalue weighted by Gasteiger charge is 2.31. The number of carbonyl (C=O) groups is 2. The summed E-state index contributed by atoms with van der Waals surface area (Å²) < 4.78 is 0. The molecule has 15 heavy (non-hydrogen) atoms. The van der Waals surface area contributed by atoms with E-state index in [1.807, 2.05) is 0 Å². The van der Waals surface area contributed by atoms with Crippen LogP contribution in [-0.4, -0.2) is 16.6 Å². The zero-order valence-corrected chi connectivity index (χ0v) is 9.19. The summed E-state index contributed by atoms with van der Waals surface area (Å²) in [7, 11) is 0. The van der Waals surface area contributed by atoms with Crippen LogP contribution >= 0.6 is 23.2 Å². The van der Waals surface area contributed by atoms with Crippen molar-refractivity contribution in [2.75, 3.05) is 0 Å². The molecule has 76 valence electrons. The highest BCUT2D eigenvalue weighted by Crippen LogP contribution is 2.29. The molecule has 0 saturated carbocycles. The van der Waals surface area contributed by atoms with Crippen LogP contribution in [0.2, 0.25) is 0 Å². The number of hydrogen-bond donors (Lipinski definition) is 0. The smallest absolute Gasteiger partial charge is 0.225 e. The van der Waals surface area contributed by atoms with Crippen LogP contribution in [0.15, 0.2) is 22.2 Å². The monoisotopic (exact) mass is 241 g/mol. The molecule has 0 unspecified atom stereocenters. The number of hydrogen-bond acceptors (Lipinski definition) is 3. The zero-order chi connectivity index (χ0) is 11.2. The molecule has 0 spiro atoms. The summed E-state index contributed by atoms with van der Waals surface area (Å²) in [5.74, 6) is -0.955. The highest BCUT2D eigenvalue weighted by molar-refractivity contribution is 6.59. The van der Waals surface area contributed by atoms with E-state index in [9.17, 15) is 9.59 Å². The molecule has 1 heterocycles. The first-order valence-electron chi connectivity index (χ1n) is 4.14. The van der Waals surface area contributed by atoms with Gasteiger partial charge in [-0.15, -0.1) is 0 Å². The predicted octanol–water partition coefficient (Wildman–Crippen LogP) is 2.46. The Kier molecular flexibility index (Phi) is 2.37. The van der Waals surface area contributed by atoms with Gasteiger partial charge in [-0.2, -0.15) is 0 Å². The number of fused-ring (bicyclic) bond motifs is 1. The summed E-state index contributed by atoms with van der Waals surface area (Å²) in [6.45, 7) is 1.73. The number of aromatic nitrogens is 1.